The lowest BCUT2D eigenvalue weighted by Crippen LogP contribution is -1.91. The molecular weight excluding hydrogens is 338 g/mol. The van der Waals surface area contributed by atoms with Gasteiger partial charge in [-0.05, 0) is 35.2 Å². The molecule has 0 radical (unpaired) electrons. The third-order valence-corrected chi connectivity index (χ3v) is 5.60. The molecule has 0 amide bonds. The second-order valence-electron chi connectivity index (χ2n) is 5.21. The van der Waals surface area contributed by atoms with E-state index >= 15 is 0 Å². The largest absolute Gasteiger partial charge is 0.497 e. The lowest BCUT2D eigenvalue weighted by molar-refractivity contribution is 0.414. The van der Waals surface area contributed by atoms with Crippen molar-refractivity contribution in [3.63, 3.8) is 0 Å². The van der Waals surface area contributed by atoms with Crippen LogP contribution in [0, 0.1) is 0 Å². The van der Waals surface area contributed by atoms with Crippen LogP contribution in [-0.2, 0) is 5.75 Å². The van der Waals surface area contributed by atoms with Crippen molar-refractivity contribution in [3.8, 4) is 16.3 Å². The molecule has 6 heteroatoms. The summed E-state index contributed by atoms with van der Waals surface area (Å²) in [4.78, 5) is 5.70. The summed E-state index contributed by atoms with van der Waals surface area (Å²) in [5.74, 6) is 1.72. The van der Waals surface area contributed by atoms with Crippen LogP contribution in [0.25, 0.3) is 16.1 Å². The zero-order valence-electron chi connectivity index (χ0n) is 13.0. The van der Waals surface area contributed by atoms with Crippen molar-refractivity contribution >= 4 is 28.6 Å². The van der Waals surface area contributed by atoms with E-state index in [1.807, 2.05) is 28.9 Å². The van der Waals surface area contributed by atoms with Gasteiger partial charge >= 0.3 is 0 Å². The molecule has 0 saturated heterocycles. The van der Waals surface area contributed by atoms with Gasteiger partial charge in [0, 0.05) is 18.1 Å². The summed E-state index contributed by atoms with van der Waals surface area (Å²) in [6, 6.07) is 14.4. The molecule has 0 aliphatic heterocycles. The molecule has 0 spiro atoms. The molecule has 3 aromatic heterocycles. The number of ether oxygens (including phenoxy) is 1. The van der Waals surface area contributed by atoms with Crippen LogP contribution in [-0.4, -0.2) is 21.7 Å². The van der Waals surface area contributed by atoms with Crippen LogP contribution in [0.5, 0.6) is 5.75 Å². The fourth-order valence-electron chi connectivity index (χ4n) is 2.47. The Morgan fingerprint density at radius 2 is 2.17 bits per heavy atom. The average molecular weight is 353 g/mol. The van der Waals surface area contributed by atoms with Crippen molar-refractivity contribution in [1.29, 1.82) is 0 Å². The van der Waals surface area contributed by atoms with Crippen molar-refractivity contribution in [2.45, 2.75) is 10.8 Å². The van der Waals surface area contributed by atoms with E-state index < -0.39 is 0 Å². The number of hydrogen-bond donors (Lipinski definition) is 0. The van der Waals surface area contributed by atoms with E-state index in [4.69, 9.17) is 4.74 Å². The Hall–Kier alpha value is -2.31. The predicted octanol–water partition coefficient (Wildman–Crippen LogP) is 4.76. The van der Waals surface area contributed by atoms with E-state index in [0.29, 0.717) is 0 Å². The number of fused-ring (bicyclic) bond motifs is 1. The molecule has 0 bridgehead atoms. The quantitative estimate of drug-likeness (QED) is 0.485. The van der Waals surface area contributed by atoms with Crippen molar-refractivity contribution < 1.29 is 4.74 Å². The molecule has 0 fully saturated rings. The molecule has 0 aliphatic carbocycles. The number of hydrogen-bond acceptors (Lipinski definition) is 5. The van der Waals surface area contributed by atoms with Gasteiger partial charge in [0.2, 0.25) is 0 Å². The van der Waals surface area contributed by atoms with Crippen LogP contribution in [0.15, 0.2) is 65.3 Å². The Balaban J connectivity index is 1.62. The van der Waals surface area contributed by atoms with Gasteiger partial charge in [0.05, 0.1) is 17.5 Å². The lowest BCUT2D eigenvalue weighted by atomic mass is 10.2. The maximum Gasteiger partial charge on any atom is 0.122 e. The van der Waals surface area contributed by atoms with Gasteiger partial charge in [0.1, 0.15) is 16.5 Å². The molecule has 1 aromatic carbocycles. The van der Waals surface area contributed by atoms with Gasteiger partial charge in [-0.25, -0.2) is 9.50 Å². The fraction of sp³-hybridized carbons (Fsp3) is 0.111. The highest BCUT2D eigenvalue weighted by atomic mass is 32.2. The summed E-state index contributed by atoms with van der Waals surface area (Å²) >= 11 is 3.40. The topological polar surface area (TPSA) is 39.4 Å². The third kappa shape index (κ3) is 3.02. The van der Waals surface area contributed by atoms with E-state index in [1.54, 1.807) is 36.4 Å². The molecule has 3 heterocycles. The minimum Gasteiger partial charge on any atom is -0.497 e. The van der Waals surface area contributed by atoms with Gasteiger partial charge in [-0.3, -0.25) is 0 Å². The number of aromatic nitrogens is 3. The third-order valence-electron chi connectivity index (χ3n) is 3.64. The van der Waals surface area contributed by atoms with Gasteiger partial charge in [-0.15, -0.1) is 11.3 Å². The Labute approximate surface area is 148 Å². The number of benzene rings is 1. The minimum absolute atomic E-state index is 0.837. The summed E-state index contributed by atoms with van der Waals surface area (Å²) in [6.45, 7) is 0. The fourth-order valence-corrected chi connectivity index (χ4v) is 4.07. The van der Waals surface area contributed by atoms with Gasteiger partial charge < -0.3 is 4.74 Å². The van der Waals surface area contributed by atoms with E-state index in [0.717, 1.165) is 27.7 Å². The van der Waals surface area contributed by atoms with Crippen LogP contribution in [0.3, 0.4) is 0 Å². The molecular formula is C18H15N3OS2. The van der Waals surface area contributed by atoms with E-state index in [-0.39, 0.29) is 0 Å². The monoisotopic (exact) mass is 353 g/mol. The van der Waals surface area contributed by atoms with Gasteiger partial charge in [-0.1, -0.05) is 30.0 Å². The maximum atomic E-state index is 5.28. The van der Waals surface area contributed by atoms with E-state index in [1.165, 1.54) is 10.4 Å². The van der Waals surface area contributed by atoms with E-state index in [2.05, 4.69) is 39.7 Å². The number of rotatable bonds is 5. The molecule has 0 aliphatic rings. The molecule has 120 valence electrons. The molecule has 0 atom stereocenters. The van der Waals surface area contributed by atoms with Crippen molar-refractivity contribution in [2.24, 2.45) is 0 Å². The molecule has 0 saturated carbocycles. The number of thioether (sulfide) groups is 1. The van der Waals surface area contributed by atoms with Crippen LogP contribution in [0.4, 0.5) is 0 Å². The van der Waals surface area contributed by atoms with Crippen LogP contribution < -0.4 is 4.74 Å². The number of thiophene rings is 1. The van der Waals surface area contributed by atoms with Gasteiger partial charge in [0.25, 0.3) is 0 Å². The first-order valence-corrected chi connectivity index (χ1v) is 9.34. The number of methoxy groups -OCH3 is 1. The average Bonchev–Trinajstić information content (AvgIpc) is 3.29. The Kier molecular flexibility index (Phi) is 4.23. The van der Waals surface area contributed by atoms with Crippen molar-refractivity contribution in [3.05, 3.63) is 65.8 Å². The van der Waals surface area contributed by atoms with Crippen molar-refractivity contribution in [2.75, 3.05) is 7.11 Å². The first-order chi connectivity index (χ1) is 11.8. The number of nitrogens with zero attached hydrogens (tertiary/aromatic N) is 3. The summed E-state index contributed by atoms with van der Waals surface area (Å²) in [5.41, 5.74) is 3.23. The molecule has 4 nitrogen and oxygen atoms in total. The maximum absolute atomic E-state index is 5.28. The second kappa shape index (κ2) is 6.67. The molecule has 24 heavy (non-hydrogen) atoms. The van der Waals surface area contributed by atoms with Gasteiger partial charge in [-0.2, -0.15) is 5.10 Å². The highest BCUT2D eigenvalue weighted by Crippen LogP contribution is 2.30. The Bertz CT molecular complexity index is 963. The van der Waals surface area contributed by atoms with Crippen LogP contribution in [0.1, 0.15) is 5.56 Å². The second-order valence-corrected chi connectivity index (χ2v) is 7.12. The molecule has 0 N–H and O–H groups in total. The normalized spacial score (nSPS) is 11.0. The highest BCUT2D eigenvalue weighted by Gasteiger charge is 2.10. The molecule has 4 aromatic rings. The summed E-state index contributed by atoms with van der Waals surface area (Å²) < 4.78 is 7.18. The van der Waals surface area contributed by atoms with E-state index in [9.17, 15) is 0 Å². The summed E-state index contributed by atoms with van der Waals surface area (Å²) in [6.07, 6.45) is 3.69. The Morgan fingerprint density at radius 1 is 1.21 bits per heavy atom. The Morgan fingerprint density at radius 3 is 3.00 bits per heavy atom. The molecule has 4 rings (SSSR count). The minimum atomic E-state index is 0.837. The zero-order chi connectivity index (χ0) is 16.4. The van der Waals surface area contributed by atoms with Crippen LogP contribution in [0.2, 0.25) is 0 Å². The van der Waals surface area contributed by atoms with Crippen molar-refractivity contribution in [1.82, 2.24) is 14.6 Å². The zero-order valence-corrected chi connectivity index (χ0v) is 14.7. The highest BCUT2D eigenvalue weighted by molar-refractivity contribution is 7.98. The smallest absolute Gasteiger partial charge is 0.122 e. The van der Waals surface area contributed by atoms with Gasteiger partial charge in [0.15, 0.2) is 0 Å². The predicted molar refractivity (Wildman–Crippen MR) is 98.9 cm³/mol. The lowest BCUT2D eigenvalue weighted by Gasteiger charge is -2.05. The molecule has 0 unspecified atom stereocenters. The first-order valence-electron chi connectivity index (χ1n) is 7.47. The summed E-state index contributed by atoms with van der Waals surface area (Å²) in [5, 5.41) is 7.70. The summed E-state index contributed by atoms with van der Waals surface area (Å²) in [7, 11) is 1.69. The first kappa shape index (κ1) is 15.2. The SMILES string of the molecule is COc1cccc(CSc2nccn3nc(-c4cccs4)cc23)c1. The van der Waals surface area contributed by atoms with Crippen LogP contribution >= 0.6 is 23.1 Å². The standard InChI is InChI=1S/C18H15N3OS2/c1-22-14-5-2-4-13(10-14)12-24-18-16-11-15(17-6-3-9-23-17)20-21(16)8-7-19-18/h2-11H,12H2,1H3.